The highest BCUT2D eigenvalue weighted by atomic mass is 16.5. The van der Waals surface area contributed by atoms with E-state index in [1.807, 2.05) is 24.3 Å². The topological polar surface area (TPSA) is 113 Å². The summed E-state index contributed by atoms with van der Waals surface area (Å²) in [7, 11) is 1.62. The third-order valence-electron chi connectivity index (χ3n) is 4.38. The van der Waals surface area contributed by atoms with Crippen LogP contribution in [0.2, 0.25) is 0 Å². The van der Waals surface area contributed by atoms with Crippen LogP contribution in [0, 0.1) is 0 Å². The molecule has 3 aromatic rings. The van der Waals surface area contributed by atoms with Crippen LogP contribution in [-0.4, -0.2) is 79.4 Å². The van der Waals surface area contributed by atoms with Crippen LogP contribution in [0.15, 0.2) is 24.3 Å². The van der Waals surface area contributed by atoms with Gasteiger partial charge in [0.1, 0.15) is 23.7 Å². The standard InChI is InChI=1S/C16H20N8O3/c1-26-8-7-23-16(17-20-21-23)14-10-22(6-9-27-14)15(25)11-24-18-12-4-2-3-5-13(12)19-24/h2-5,14H,6-11H2,1H3/t14-/m1/s1. The number of amides is 1. The molecule has 1 atom stereocenters. The van der Waals surface area contributed by atoms with Gasteiger partial charge in [0.2, 0.25) is 5.91 Å². The van der Waals surface area contributed by atoms with Gasteiger partial charge in [-0.3, -0.25) is 4.79 Å². The molecule has 1 saturated heterocycles. The second-order valence-electron chi connectivity index (χ2n) is 6.17. The zero-order valence-corrected chi connectivity index (χ0v) is 14.9. The number of tetrazole rings is 1. The molecule has 0 N–H and O–H groups in total. The van der Waals surface area contributed by atoms with E-state index in [1.165, 1.54) is 4.80 Å². The summed E-state index contributed by atoms with van der Waals surface area (Å²) in [6.07, 6.45) is -0.376. The molecule has 0 aliphatic carbocycles. The fraction of sp³-hybridized carbons (Fsp3) is 0.500. The fourth-order valence-corrected chi connectivity index (χ4v) is 3.01. The Bertz CT molecular complexity index is 890. The van der Waals surface area contributed by atoms with E-state index in [4.69, 9.17) is 9.47 Å². The van der Waals surface area contributed by atoms with Crippen LogP contribution in [0.1, 0.15) is 11.9 Å². The van der Waals surface area contributed by atoms with Gasteiger partial charge in [0, 0.05) is 13.7 Å². The second kappa shape index (κ2) is 7.76. The van der Waals surface area contributed by atoms with Gasteiger partial charge in [-0.15, -0.1) is 5.10 Å². The molecule has 27 heavy (non-hydrogen) atoms. The highest BCUT2D eigenvalue weighted by molar-refractivity contribution is 5.77. The van der Waals surface area contributed by atoms with Crippen molar-refractivity contribution >= 4 is 16.9 Å². The molecule has 0 saturated carbocycles. The van der Waals surface area contributed by atoms with Gasteiger partial charge in [-0.2, -0.15) is 15.0 Å². The van der Waals surface area contributed by atoms with E-state index in [2.05, 4.69) is 25.7 Å². The van der Waals surface area contributed by atoms with Gasteiger partial charge in [-0.05, 0) is 22.6 Å². The summed E-state index contributed by atoms with van der Waals surface area (Å²) in [5.41, 5.74) is 1.53. The van der Waals surface area contributed by atoms with Crippen LogP contribution in [0.25, 0.3) is 11.0 Å². The van der Waals surface area contributed by atoms with Crippen molar-refractivity contribution in [1.29, 1.82) is 0 Å². The first-order valence-corrected chi connectivity index (χ1v) is 8.69. The molecule has 142 valence electrons. The van der Waals surface area contributed by atoms with Crippen molar-refractivity contribution in [2.75, 3.05) is 33.4 Å². The van der Waals surface area contributed by atoms with Gasteiger partial charge in [0.25, 0.3) is 0 Å². The minimum Gasteiger partial charge on any atom is -0.383 e. The molecule has 3 heterocycles. The number of fused-ring (bicyclic) bond motifs is 1. The number of nitrogens with zero attached hydrogens (tertiary/aromatic N) is 8. The molecule has 11 heteroatoms. The highest BCUT2D eigenvalue weighted by Gasteiger charge is 2.29. The molecule has 0 spiro atoms. The van der Waals surface area contributed by atoms with E-state index in [1.54, 1.807) is 16.7 Å². The van der Waals surface area contributed by atoms with Gasteiger partial charge in [0.15, 0.2) is 5.82 Å². The zero-order valence-electron chi connectivity index (χ0n) is 14.9. The molecular formula is C16H20N8O3. The number of aromatic nitrogens is 7. The van der Waals surface area contributed by atoms with Crippen molar-refractivity contribution in [3.8, 4) is 0 Å². The summed E-state index contributed by atoms with van der Waals surface area (Å²) in [5.74, 6) is 0.520. The molecule has 1 aliphatic heterocycles. The van der Waals surface area contributed by atoms with Crippen molar-refractivity contribution in [3.05, 3.63) is 30.1 Å². The van der Waals surface area contributed by atoms with Crippen molar-refractivity contribution in [3.63, 3.8) is 0 Å². The quantitative estimate of drug-likeness (QED) is 0.578. The van der Waals surface area contributed by atoms with Crippen LogP contribution in [-0.2, 0) is 27.4 Å². The third kappa shape index (κ3) is 3.78. The van der Waals surface area contributed by atoms with Crippen LogP contribution in [0.5, 0.6) is 0 Å². The Balaban J connectivity index is 1.43. The van der Waals surface area contributed by atoms with Crippen molar-refractivity contribution in [1.82, 2.24) is 40.1 Å². The number of carbonyl (C=O) groups is 1. The zero-order chi connectivity index (χ0) is 18.6. The SMILES string of the molecule is COCCn1nnnc1[C@H]1CN(C(=O)Cn2nc3ccccc3n2)CCO1. The molecule has 0 bridgehead atoms. The smallest absolute Gasteiger partial charge is 0.246 e. The summed E-state index contributed by atoms with van der Waals surface area (Å²) in [6.45, 7) is 2.41. The summed E-state index contributed by atoms with van der Waals surface area (Å²) >= 11 is 0. The van der Waals surface area contributed by atoms with E-state index < -0.39 is 0 Å². The van der Waals surface area contributed by atoms with Gasteiger partial charge >= 0.3 is 0 Å². The lowest BCUT2D eigenvalue weighted by molar-refractivity contribution is -0.140. The molecule has 1 aromatic carbocycles. The molecule has 1 aliphatic rings. The molecule has 0 radical (unpaired) electrons. The van der Waals surface area contributed by atoms with Gasteiger partial charge < -0.3 is 14.4 Å². The van der Waals surface area contributed by atoms with E-state index in [0.717, 1.165) is 11.0 Å². The fourth-order valence-electron chi connectivity index (χ4n) is 3.01. The van der Waals surface area contributed by atoms with Crippen molar-refractivity contribution < 1.29 is 14.3 Å². The van der Waals surface area contributed by atoms with Crippen LogP contribution >= 0.6 is 0 Å². The Labute approximate surface area is 154 Å². The Morgan fingerprint density at radius 3 is 2.81 bits per heavy atom. The van der Waals surface area contributed by atoms with Gasteiger partial charge in [-0.25, -0.2) is 4.68 Å². The molecule has 0 unspecified atom stereocenters. The third-order valence-corrected chi connectivity index (χ3v) is 4.38. The van der Waals surface area contributed by atoms with Crippen molar-refractivity contribution in [2.45, 2.75) is 19.2 Å². The van der Waals surface area contributed by atoms with Crippen molar-refractivity contribution in [2.24, 2.45) is 0 Å². The largest absolute Gasteiger partial charge is 0.383 e. The molecule has 1 fully saturated rings. The number of hydrogen-bond donors (Lipinski definition) is 0. The average molecular weight is 372 g/mol. The maximum atomic E-state index is 12.7. The molecular weight excluding hydrogens is 352 g/mol. The van der Waals surface area contributed by atoms with Crippen LogP contribution in [0.4, 0.5) is 0 Å². The van der Waals surface area contributed by atoms with E-state index in [0.29, 0.717) is 38.7 Å². The molecule has 4 rings (SSSR count). The maximum Gasteiger partial charge on any atom is 0.246 e. The Hall–Kier alpha value is -2.92. The number of ether oxygens (including phenoxy) is 2. The number of rotatable bonds is 6. The van der Waals surface area contributed by atoms with E-state index in [-0.39, 0.29) is 18.6 Å². The predicted molar refractivity (Wildman–Crippen MR) is 92.5 cm³/mol. The molecule has 1 amide bonds. The average Bonchev–Trinajstić information content (AvgIpc) is 3.32. The minimum absolute atomic E-state index is 0.0699. The summed E-state index contributed by atoms with van der Waals surface area (Å²) in [4.78, 5) is 15.9. The maximum absolute atomic E-state index is 12.7. The van der Waals surface area contributed by atoms with Gasteiger partial charge in [0.05, 0.1) is 26.3 Å². The van der Waals surface area contributed by atoms with E-state index >= 15 is 0 Å². The second-order valence-corrected chi connectivity index (χ2v) is 6.17. The lowest BCUT2D eigenvalue weighted by atomic mass is 10.2. The lowest BCUT2D eigenvalue weighted by Gasteiger charge is -2.32. The number of carbonyl (C=O) groups excluding carboxylic acids is 1. The highest BCUT2D eigenvalue weighted by Crippen LogP contribution is 2.20. The first kappa shape index (κ1) is 17.5. The summed E-state index contributed by atoms with van der Waals surface area (Å²) in [5, 5.41) is 20.4. The first-order chi connectivity index (χ1) is 13.2. The molecule has 2 aromatic heterocycles. The van der Waals surface area contributed by atoms with Crippen LogP contribution in [0.3, 0.4) is 0 Å². The lowest BCUT2D eigenvalue weighted by Crippen LogP contribution is -2.44. The Morgan fingerprint density at radius 2 is 2.07 bits per heavy atom. The Kier molecular flexibility index (Phi) is 5.03. The Morgan fingerprint density at radius 1 is 1.30 bits per heavy atom. The summed E-state index contributed by atoms with van der Waals surface area (Å²) < 4.78 is 12.5. The number of methoxy groups -OCH3 is 1. The monoisotopic (exact) mass is 372 g/mol. The summed E-state index contributed by atoms with van der Waals surface area (Å²) in [6, 6.07) is 7.52. The normalized spacial score (nSPS) is 17.5. The van der Waals surface area contributed by atoms with Crippen LogP contribution < -0.4 is 0 Å². The first-order valence-electron chi connectivity index (χ1n) is 8.69. The number of morpholine rings is 1. The molecule has 11 nitrogen and oxygen atoms in total. The number of benzene rings is 1. The minimum atomic E-state index is -0.376. The number of hydrogen-bond acceptors (Lipinski definition) is 8. The van der Waals surface area contributed by atoms with E-state index in [9.17, 15) is 4.79 Å². The van der Waals surface area contributed by atoms with Gasteiger partial charge in [-0.1, -0.05) is 12.1 Å². The predicted octanol–water partition coefficient (Wildman–Crippen LogP) is -0.336.